The SMILES string of the molecule is CC(C)CNCc1ccc(Sc2nncs2)cc1Cl. The zero-order valence-corrected chi connectivity index (χ0v) is 13.3. The molecule has 1 aromatic carbocycles. The average Bonchev–Trinajstić information content (AvgIpc) is 2.84. The zero-order valence-electron chi connectivity index (χ0n) is 10.9. The van der Waals surface area contributed by atoms with E-state index < -0.39 is 0 Å². The van der Waals surface area contributed by atoms with Gasteiger partial charge in [0.15, 0.2) is 4.34 Å². The fourth-order valence-corrected chi connectivity index (χ4v) is 3.34. The van der Waals surface area contributed by atoms with Crippen molar-refractivity contribution >= 4 is 34.7 Å². The van der Waals surface area contributed by atoms with E-state index in [1.54, 1.807) is 17.3 Å². The minimum Gasteiger partial charge on any atom is -0.312 e. The number of benzene rings is 1. The van der Waals surface area contributed by atoms with Crippen molar-refractivity contribution in [1.29, 1.82) is 0 Å². The van der Waals surface area contributed by atoms with Crippen LogP contribution < -0.4 is 5.32 Å². The number of hydrogen-bond acceptors (Lipinski definition) is 5. The van der Waals surface area contributed by atoms with E-state index >= 15 is 0 Å². The Bertz CT molecular complexity index is 515. The predicted molar refractivity (Wildman–Crippen MR) is 82.0 cm³/mol. The third-order valence-corrected chi connectivity index (χ3v) is 4.56. The smallest absolute Gasteiger partial charge is 0.178 e. The lowest BCUT2D eigenvalue weighted by molar-refractivity contribution is 0.552. The summed E-state index contributed by atoms with van der Waals surface area (Å²) < 4.78 is 0.932. The molecule has 0 aliphatic heterocycles. The standard InChI is InChI=1S/C13H16ClN3S2/c1-9(2)6-15-7-10-3-4-11(5-12(10)14)19-13-17-16-8-18-13/h3-5,8-9,15H,6-7H2,1-2H3. The van der Waals surface area contributed by atoms with E-state index in [0.717, 1.165) is 32.9 Å². The molecule has 0 atom stereocenters. The summed E-state index contributed by atoms with van der Waals surface area (Å²) in [5.41, 5.74) is 2.86. The van der Waals surface area contributed by atoms with Gasteiger partial charge in [0.05, 0.1) is 0 Å². The van der Waals surface area contributed by atoms with Gasteiger partial charge in [0.2, 0.25) is 0 Å². The summed E-state index contributed by atoms with van der Waals surface area (Å²) in [6, 6.07) is 6.13. The molecule has 3 nitrogen and oxygen atoms in total. The number of nitrogens with zero attached hydrogens (tertiary/aromatic N) is 2. The minimum atomic E-state index is 0.644. The Morgan fingerprint density at radius 2 is 2.26 bits per heavy atom. The van der Waals surface area contributed by atoms with Crippen LogP contribution in [-0.4, -0.2) is 16.7 Å². The van der Waals surface area contributed by atoms with Crippen LogP contribution in [0.25, 0.3) is 0 Å². The van der Waals surface area contributed by atoms with Crippen molar-refractivity contribution in [3.05, 3.63) is 34.3 Å². The highest BCUT2D eigenvalue weighted by Gasteiger charge is 2.05. The molecule has 102 valence electrons. The highest BCUT2D eigenvalue weighted by molar-refractivity contribution is 8.01. The lowest BCUT2D eigenvalue weighted by atomic mass is 10.2. The molecule has 0 fully saturated rings. The molecule has 1 N–H and O–H groups in total. The number of rotatable bonds is 6. The molecule has 1 heterocycles. The van der Waals surface area contributed by atoms with E-state index in [-0.39, 0.29) is 0 Å². The first kappa shape index (κ1) is 14.8. The summed E-state index contributed by atoms with van der Waals surface area (Å²) in [6.07, 6.45) is 0. The molecule has 0 saturated heterocycles. The first-order valence-corrected chi connectivity index (χ1v) is 8.15. The molecule has 0 unspecified atom stereocenters. The van der Waals surface area contributed by atoms with Gasteiger partial charge in [-0.1, -0.05) is 54.6 Å². The van der Waals surface area contributed by atoms with Crippen LogP contribution >= 0.6 is 34.7 Å². The van der Waals surface area contributed by atoms with Gasteiger partial charge in [0.25, 0.3) is 0 Å². The molecule has 2 aromatic rings. The molecule has 0 spiro atoms. The topological polar surface area (TPSA) is 37.8 Å². The molecule has 0 bridgehead atoms. The molecule has 19 heavy (non-hydrogen) atoms. The van der Waals surface area contributed by atoms with Crippen LogP contribution in [0.1, 0.15) is 19.4 Å². The Morgan fingerprint density at radius 3 is 2.89 bits per heavy atom. The van der Waals surface area contributed by atoms with Gasteiger partial charge in [-0.2, -0.15) is 0 Å². The van der Waals surface area contributed by atoms with Gasteiger partial charge in [0, 0.05) is 16.5 Å². The minimum absolute atomic E-state index is 0.644. The fraction of sp³-hybridized carbons (Fsp3) is 0.385. The Kier molecular flexibility index (Phi) is 5.63. The molecule has 0 aliphatic rings. The van der Waals surface area contributed by atoms with Crippen LogP contribution in [0.2, 0.25) is 5.02 Å². The van der Waals surface area contributed by atoms with Gasteiger partial charge >= 0.3 is 0 Å². The maximum atomic E-state index is 6.30. The van der Waals surface area contributed by atoms with Crippen LogP contribution in [-0.2, 0) is 6.54 Å². The monoisotopic (exact) mass is 313 g/mol. The Balaban J connectivity index is 1.96. The second kappa shape index (κ2) is 7.24. The van der Waals surface area contributed by atoms with Crippen LogP contribution in [0.5, 0.6) is 0 Å². The van der Waals surface area contributed by atoms with Crippen molar-refractivity contribution in [1.82, 2.24) is 15.5 Å². The van der Waals surface area contributed by atoms with Gasteiger partial charge in [-0.25, -0.2) is 0 Å². The van der Waals surface area contributed by atoms with Gasteiger partial charge in [-0.05, 0) is 30.2 Å². The lowest BCUT2D eigenvalue weighted by Gasteiger charge is -2.09. The van der Waals surface area contributed by atoms with Crippen LogP contribution in [0.15, 0.2) is 32.9 Å². The Labute approximate surface area is 126 Å². The third kappa shape index (κ3) is 4.76. The van der Waals surface area contributed by atoms with Crippen LogP contribution in [0.4, 0.5) is 0 Å². The summed E-state index contributed by atoms with van der Waals surface area (Å²) in [6.45, 7) is 6.19. The summed E-state index contributed by atoms with van der Waals surface area (Å²) >= 11 is 9.42. The molecule has 2 rings (SSSR count). The molecular formula is C13H16ClN3S2. The maximum absolute atomic E-state index is 6.30. The Morgan fingerprint density at radius 1 is 1.42 bits per heavy atom. The van der Waals surface area contributed by atoms with E-state index in [1.165, 1.54) is 11.3 Å². The maximum Gasteiger partial charge on any atom is 0.178 e. The molecule has 6 heteroatoms. The van der Waals surface area contributed by atoms with Crippen molar-refractivity contribution in [2.75, 3.05) is 6.54 Å². The largest absolute Gasteiger partial charge is 0.312 e. The molecule has 0 amide bonds. The number of nitrogens with one attached hydrogen (secondary N) is 1. The quantitative estimate of drug-likeness (QED) is 0.871. The normalized spacial score (nSPS) is 11.2. The van der Waals surface area contributed by atoms with Crippen LogP contribution in [0.3, 0.4) is 0 Å². The average molecular weight is 314 g/mol. The summed E-state index contributed by atoms with van der Waals surface area (Å²) in [5, 5.41) is 12.0. The lowest BCUT2D eigenvalue weighted by Crippen LogP contribution is -2.19. The zero-order chi connectivity index (χ0) is 13.7. The second-order valence-corrected chi connectivity index (χ2v) is 7.15. The number of aromatic nitrogens is 2. The molecule has 1 aromatic heterocycles. The van der Waals surface area contributed by atoms with Crippen molar-refractivity contribution in [3.63, 3.8) is 0 Å². The van der Waals surface area contributed by atoms with E-state index in [2.05, 4.69) is 41.5 Å². The van der Waals surface area contributed by atoms with E-state index in [0.29, 0.717) is 5.92 Å². The van der Waals surface area contributed by atoms with E-state index in [1.807, 2.05) is 6.07 Å². The first-order valence-electron chi connectivity index (χ1n) is 6.08. The highest BCUT2D eigenvalue weighted by Crippen LogP contribution is 2.31. The predicted octanol–water partition coefficient (Wildman–Crippen LogP) is 4.09. The molecule has 0 saturated carbocycles. The molecular weight excluding hydrogens is 298 g/mol. The number of halogens is 1. The van der Waals surface area contributed by atoms with Crippen molar-refractivity contribution in [2.24, 2.45) is 5.92 Å². The van der Waals surface area contributed by atoms with Gasteiger partial charge in [-0.15, -0.1) is 10.2 Å². The van der Waals surface area contributed by atoms with Crippen LogP contribution in [0, 0.1) is 5.92 Å². The Hall–Kier alpha value is -0.620. The number of hydrogen-bond donors (Lipinski definition) is 1. The summed E-state index contributed by atoms with van der Waals surface area (Å²) in [4.78, 5) is 1.09. The highest BCUT2D eigenvalue weighted by atomic mass is 35.5. The van der Waals surface area contributed by atoms with Gasteiger partial charge in [0.1, 0.15) is 5.51 Å². The van der Waals surface area contributed by atoms with E-state index in [4.69, 9.17) is 11.6 Å². The van der Waals surface area contributed by atoms with Crippen molar-refractivity contribution in [2.45, 2.75) is 29.6 Å². The van der Waals surface area contributed by atoms with Gasteiger partial charge in [-0.3, -0.25) is 0 Å². The van der Waals surface area contributed by atoms with Crippen molar-refractivity contribution in [3.8, 4) is 0 Å². The second-order valence-electron chi connectivity index (χ2n) is 4.58. The fourth-order valence-electron chi connectivity index (χ4n) is 1.54. The van der Waals surface area contributed by atoms with E-state index in [9.17, 15) is 0 Å². The van der Waals surface area contributed by atoms with Crippen molar-refractivity contribution < 1.29 is 0 Å². The first-order chi connectivity index (χ1) is 9.15. The molecule has 0 radical (unpaired) electrons. The summed E-state index contributed by atoms with van der Waals surface area (Å²) in [5.74, 6) is 0.644. The third-order valence-electron chi connectivity index (χ3n) is 2.44. The van der Waals surface area contributed by atoms with Gasteiger partial charge < -0.3 is 5.32 Å². The molecule has 0 aliphatic carbocycles. The summed E-state index contributed by atoms with van der Waals surface area (Å²) in [7, 11) is 0.